The molecule has 0 saturated carbocycles. The number of hydrogen-bond acceptors (Lipinski definition) is 3. The van der Waals surface area contributed by atoms with E-state index < -0.39 is 23.9 Å². The third-order valence-electron chi connectivity index (χ3n) is 4.75. The number of carbonyl (C=O) groups is 2. The molecule has 3 rings (SSSR count). The summed E-state index contributed by atoms with van der Waals surface area (Å²) in [4.78, 5) is 31.2. The van der Waals surface area contributed by atoms with Gasteiger partial charge in [-0.15, -0.1) is 0 Å². The Morgan fingerprint density at radius 2 is 1.79 bits per heavy atom. The Hall–Kier alpha value is -3.22. The minimum Gasteiger partial charge on any atom is -0.338 e. The van der Waals surface area contributed by atoms with E-state index >= 15 is 0 Å². The Kier molecular flexibility index (Phi) is 6.26. The molecule has 3 amide bonds. The van der Waals surface area contributed by atoms with Crippen molar-refractivity contribution >= 4 is 23.3 Å². The molecule has 0 bridgehead atoms. The van der Waals surface area contributed by atoms with Crippen LogP contribution in [0.1, 0.15) is 31.4 Å². The average Bonchev–Trinajstić information content (AvgIpc) is 2.79. The molecule has 0 fully saturated rings. The largest absolute Gasteiger partial charge is 0.338 e. The third-order valence-corrected chi connectivity index (χ3v) is 4.75. The van der Waals surface area contributed by atoms with Gasteiger partial charge in [0, 0.05) is 24.7 Å². The van der Waals surface area contributed by atoms with E-state index in [1.54, 1.807) is 49.5 Å². The van der Waals surface area contributed by atoms with Crippen LogP contribution in [0.5, 0.6) is 0 Å². The van der Waals surface area contributed by atoms with Crippen molar-refractivity contribution in [2.45, 2.75) is 26.4 Å². The molecule has 1 aliphatic rings. The molecule has 1 atom stereocenters. The predicted octanol–water partition coefficient (Wildman–Crippen LogP) is 3.31. The van der Waals surface area contributed by atoms with E-state index in [0.717, 1.165) is 6.42 Å². The number of nitrogens with one attached hydrogen (secondary N) is 2. The SMILES string of the molecule is CC(C)CCNC(=O)NC1N=C(c2ccccc2F)c2ccccc2N(C)C1=O. The molecule has 0 radical (unpaired) electrons. The van der Waals surface area contributed by atoms with Gasteiger partial charge in [0.2, 0.25) is 6.17 Å². The van der Waals surface area contributed by atoms with Crippen LogP contribution in [0.25, 0.3) is 0 Å². The van der Waals surface area contributed by atoms with Crippen molar-refractivity contribution in [2.24, 2.45) is 10.9 Å². The summed E-state index contributed by atoms with van der Waals surface area (Å²) in [7, 11) is 1.62. The van der Waals surface area contributed by atoms with Crippen molar-refractivity contribution in [3.8, 4) is 0 Å². The van der Waals surface area contributed by atoms with Crippen molar-refractivity contribution < 1.29 is 14.0 Å². The maximum Gasteiger partial charge on any atom is 0.316 e. The zero-order valence-corrected chi connectivity index (χ0v) is 16.8. The van der Waals surface area contributed by atoms with Crippen LogP contribution in [-0.2, 0) is 4.79 Å². The van der Waals surface area contributed by atoms with Gasteiger partial charge in [-0.05, 0) is 30.5 Å². The average molecular weight is 396 g/mol. The number of likely N-dealkylation sites (N-methyl/N-ethyl adjacent to an activating group) is 1. The van der Waals surface area contributed by atoms with Crippen LogP contribution in [-0.4, -0.2) is 37.4 Å². The van der Waals surface area contributed by atoms with Crippen molar-refractivity contribution in [1.82, 2.24) is 10.6 Å². The van der Waals surface area contributed by atoms with Gasteiger partial charge in [-0.2, -0.15) is 0 Å². The van der Waals surface area contributed by atoms with Crippen molar-refractivity contribution in [3.63, 3.8) is 0 Å². The summed E-state index contributed by atoms with van der Waals surface area (Å²) in [6.45, 7) is 4.61. The Morgan fingerprint density at radius 3 is 2.48 bits per heavy atom. The number of benzene rings is 2. The van der Waals surface area contributed by atoms with Gasteiger partial charge in [-0.25, -0.2) is 14.2 Å². The standard InChI is InChI=1S/C22H25FN4O2/c1-14(2)12-13-24-22(29)26-20-21(28)27(3)18-11-7-5-9-16(18)19(25-20)15-8-4-6-10-17(15)23/h4-11,14,20H,12-13H2,1-3H3,(H2,24,26,29). The highest BCUT2D eigenvalue weighted by atomic mass is 19.1. The van der Waals surface area contributed by atoms with Gasteiger partial charge in [0.05, 0.1) is 11.4 Å². The van der Waals surface area contributed by atoms with E-state index in [1.807, 2.05) is 0 Å². The molecule has 2 aromatic rings. The molecule has 0 saturated heterocycles. The smallest absolute Gasteiger partial charge is 0.316 e. The number of anilines is 1. The van der Waals surface area contributed by atoms with Crippen LogP contribution in [0.15, 0.2) is 53.5 Å². The fraction of sp³-hybridized carbons (Fsp3) is 0.318. The number of hydrogen-bond donors (Lipinski definition) is 2. The molecule has 0 spiro atoms. The second-order valence-electron chi connectivity index (χ2n) is 7.36. The quantitative estimate of drug-likeness (QED) is 0.814. The van der Waals surface area contributed by atoms with Crippen LogP contribution < -0.4 is 15.5 Å². The fourth-order valence-electron chi connectivity index (χ4n) is 3.13. The first-order valence-corrected chi connectivity index (χ1v) is 9.62. The number of benzodiazepines with no additional fused rings is 1. The van der Waals surface area contributed by atoms with Crippen molar-refractivity contribution in [2.75, 3.05) is 18.5 Å². The minimum absolute atomic E-state index is 0.273. The van der Waals surface area contributed by atoms with Gasteiger partial charge in [0.15, 0.2) is 0 Å². The van der Waals surface area contributed by atoms with Crippen LogP contribution in [0.4, 0.5) is 14.9 Å². The number of fused-ring (bicyclic) bond motifs is 1. The lowest BCUT2D eigenvalue weighted by Crippen LogP contribution is -2.49. The number of aliphatic imine (C=N–C) groups is 1. The van der Waals surface area contributed by atoms with E-state index in [1.165, 1.54) is 11.0 Å². The van der Waals surface area contributed by atoms with E-state index in [2.05, 4.69) is 29.5 Å². The summed E-state index contributed by atoms with van der Waals surface area (Å²) >= 11 is 0. The molecule has 1 aliphatic heterocycles. The zero-order chi connectivity index (χ0) is 21.0. The number of para-hydroxylation sites is 1. The van der Waals surface area contributed by atoms with Crippen LogP contribution in [0.2, 0.25) is 0 Å². The Balaban J connectivity index is 1.97. The number of rotatable bonds is 5. The first kappa shape index (κ1) is 20.5. The lowest BCUT2D eigenvalue weighted by atomic mass is 10.00. The maximum absolute atomic E-state index is 14.5. The van der Waals surface area contributed by atoms with E-state index in [9.17, 15) is 14.0 Å². The molecule has 1 unspecified atom stereocenters. The molecule has 152 valence electrons. The van der Waals surface area contributed by atoms with Crippen LogP contribution >= 0.6 is 0 Å². The van der Waals surface area contributed by atoms with Gasteiger partial charge in [0.1, 0.15) is 5.82 Å². The molecular formula is C22H25FN4O2. The molecule has 29 heavy (non-hydrogen) atoms. The summed E-state index contributed by atoms with van der Waals surface area (Å²) in [5.74, 6) is -0.401. The number of nitrogens with zero attached hydrogens (tertiary/aromatic N) is 2. The van der Waals surface area contributed by atoms with Gasteiger partial charge in [0.25, 0.3) is 5.91 Å². The van der Waals surface area contributed by atoms with E-state index in [0.29, 0.717) is 29.4 Å². The lowest BCUT2D eigenvalue weighted by Gasteiger charge is -2.21. The molecule has 0 aromatic heterocycles. The maximum atomic E-state index is 14.5. The summed E-state index contributed by atoms with van der Waals surface area (Å²) < 4.78 is 14.5. The summed E-state index contributed by atoms with van der Waals surface area (Å²) in [5, 5.41) is 5.36. The predicted molar refractivity (Wildman–Crippen MR) is 112 cm³/mol. The second-order valence-corrected chi connectivity index (χ2v) is 7.36. The monoisotopic (exact) mass is 396 g/mol. The number of halogens is 1. The summed E-state index contributed by atoms with van der Waals surface area (Å²) in [6, 6.07) is 12.9. The normalized spacial score (nSPS) is 16.2. The minimum atomic E-state index is -1.17. The number of amides is 3. The number of urea groups is 1. The van der Waals surface area contributed by atoms with Crippen molar-refractivity contribution in [1.29, 1.82) is 0 Å². The van der Waals surface area contributed by atoms with Gasteiger partial charge in [-0.1, -0.05) is 44.2 Å². The Labute approximate surface area is 169 Å². The third kappa shape index (κ3) is 4.62. The molecule has 0 aliphatic carbocycles. The molecule has 2 N–H and O–H groups in total. The Morgan fingerprint density at radius 1 is 1.14 bits per heavy atom. The first-order valence-electron chi connectivity index (χ1n) is 9.62. The first-order chi connectivity index (χ1) is 13.9. The summed E-state index contributed by atoms with van der Waals surface area (Å²) in [6.07, 6.45) is -0.345. The zero-order valence-electron chi connectivity index (χ0n) is 16.8. The van der Waals surface area contributed by atoms with Gasteiger partial charge in [-0.3, -0.25) is 4.79 Å². The van der Waals surface area contributed by atoms with E-state index in [4.69, 9.17) is 0 Å². The molecule has 7 heteroatoms. The fourth-order valence-corrected chi connectivity index (χ4v) is 3.13. The molecule has 2 aromatic carbocycles. The van der Waals surface area contributed by atoms with Crippen LogP contribution in [0, 0.1) is 11.7 Å². The van der Waals surface area contributed by atoms with Crippen molar-refractivity contribution in [3.05, 3.63) is 65.5 Å². The molecule has 6 nitrogen and oxygen atoms in total. The van der Waals surface area contributed by atoms with E-state index in [-0.39, 0.29) is 5.56 Å². The van der Waals surface area contributed by atoms with Crippen LogP contribution in [0.3, 0.4) is 0 Å². The number of carbonyl (C=O) groups excluding carboxylic acids is 2. The highest BCUT2D eigenvalue weighted by molar-refractivity contribution is 6.20. The Bertz CT molecular complexity index is 942. The molecular weight excluding hydrogens is 371 g/mol. The van der Waals surface area contributed by atoms with Gasteiger partial charge < -0.3 is 15.5 Å². The lowest BCUT2D eigenvalue weighted by molar-refractivity contribution is -0.119. The van der Waals surface area contributed by atoms with Gasteiger partial charge >= 0.3 is 6.03 Å². The summed E-state index contributed by atoms with van der Waals surface area (Å²) in [5.41, 5.74) is 1.82. The second kappa shape index (κ2) is 8.86. The highest BCUT2D eigenvalue weighted by Crippen LogP contribution is 2.27. The highest BCUT2D eigenvalue weighted by Gasteiger charge is 2.31. The topological polar surface area (TPSA) is 73.8 Å². The molecule has 1 heterocycles.